The van der Waals surface area contributed by atoms with Gasteiger partial charge in [0, 0.05) is 23.3 Å². The Morgan fingerprint density at radius 1 is 1.15 bits per heavy atom. The van der Waals surface area contributed by atoms with Crippen molar-refractivity contribution in [2.24, 2.45) is 0 Å². The van der Waals surface area contributed by atoms with Gasteiger partial charge in [0.1, 0.15) is 6.54 Å². The molecule has 2 aromatic carbocycles. The van der Waals surface area contributed by atoms with Crippen LogP contribution in [0.25, 0.3) is 10.9 Å². The molecule has 8 heteroatoms. The average Bonchev–Trinajstić information content (AvgIpc) is 2.64. The van der Waals surface area contributed by atoms with E-state index in [0.717, 1.165) is 0 Å². The molecule has 0 bridgehead atoms. The Morgan fingerprint density at radius 2 is 1.88 bits per heavy atom. The lowest BCUT2D eigenvalue weighted by Gasteiger charge is -2.09. The summed E-state index contributed by atoms with van der Waals surface area (Å²) in [6.45, 7) is -0.189. The van der Waals surface area contributed by atoms with Crippen LogP contribution in [-0.4, -0.2) is 28.4 Å². The summed E-state index contributed by atoms with van der Waals surface area (Å²) in [6.07, 6.45) is 1.33. The van der Waals surface area contributed by atoms with E-state index in [9.17, 15) is 14.4 Å². The molecule has 26 heavy (non-hydrogen) atoms. The van der Waals surface area contributed by atoms with Gasteiger partial charge in [-0.15, -0.1) is 0 Å². The lowest BCUT2D eigenvalue weighted by molar-refractivity contribution is -0.116. The monoisotopic (exact) mass is 370 g/mol. The first kappa shape index (κ1) is 17.6. The zero-order valence-electron chi connectivity index (χ0n) is 13.8. The van der Waals surface area contributed by atoms with Crippen LogP contribution >= 0.6 is 11.6 Å². The van der Waals surface area contributed by atoms with E-state index in [1.54, 1.807) is 43.4 Å². The van der Waals surface area contributed by atoms with Gasteiger partial charge >= 0.3 is 0 Å². The first-order valence-corrected chi connectivity index (χ1v) is 8.12. The number of carbonyl (C=O) groups is 2. The molecule has 2 N–H and O–H groups in total. The second-order valence-corrected chi connectivity index (χ2v) is 5.98. The minimum absolute atomic E-state index is 0.189. The van der Waals surface area contributed by atoms with E-state index in [-0.39, 0.29) is 23.9 Å². The number of hydrogen-bond donors (Lipinski definition) is 2. The first-order chi connectivity index (χ1) is 12.5. The van der Waals surface area contributed by atoms with Crippen molar-refractivity contribution in [3.8, 4) is 0 Å². The number of hydrogen-bond acceptors (Lipinski definition) is 4. The molecule has 1 heterocycles. The number of fused-ring (bicyclic) bond motifs is 1. The maximum absolute atomic E-state index is 12.5. The molecule has 1 aromatic heterocycles. The molecule has 0 saturated carbocycles. The van der Waals surface area contributed by atoms with Crippen molar-refractivity contribution in [3.05, 3.63) is 69.7 Å². The Morgan fingerprint density at radius 3 is 2.58 bits per heavy atom. The van der Waals surface area contributed by atoms with Crippen molar-refractivity contribution in [1.29, 1.82) is 0 Å². The quantitative estimate of drug-likeness (QED) is 0.735. The van der Waals surface area contributed by atoms with E-state index in [4.69, 9.17) is 11.6 Å². The second kappa shape index (κ2) is 7.37. The third kappa shape index (κ3) is 3.73. The first-order valence-electron chi connectivity index (χ1n) is 7.74. The molecule has 0 radical (unpaired) electrons. The van der Waals surface area contributed by atoms with Gasteiger partial charge in [-0.3, -0.25) is 19.0 Å². The molecule has 0 fully saturated rings. The van der Waals surface area contributed by atoms with Gasteiger partial charge in [-0.05, 0) is 42.5 Å². The van der Waals surface area contributed by atoms with Crippen molar-refractivity contribution in [2.75, 3.05) is 12.4 Å². The van der Waals surface area contributed by atoms with E-state index in [1.807, 2.05) is 0 Å². The average molecular weight is 371 g/mol. The largest absolute Gasteiger partial charge is 0.355 e. The Hall–Kier alpha value is -3.19. The molecule has 0 aliphatic carbocycles. The van der Waals surface area contributed by atoms with Gasteiger partial charge in [-0.25, -0.2) is 4.98 Å². The molecule has 0 atom stereocenters. The summed E-state index contributed by atoms with van der Waals surface area (Å²) in [5.41, 5.74) is 1.17. The number of rotatable bonds is 4. The van der Waals surface area contributed by atoms with Crippen LogP contribution in [0.15, 0.2) is 53.6 Å². The van der Waals surface area contributed by atoms with Crippen molar-refractivity contribution in [1.82, 2.24) is 14.9 Å². The Balaban J connectivity index is 1.76. The zero-order chi connectivity index (χ0) is 18.7. The summed E-state index contributed by atoms with van der Waals surface area (Å²) in [7, 11) is 1.54. The number of nitrogens with one attached hydrogen (secondary N) is 2. The van der Waals surface area contributed by atoms with Crippen molar-refractivity contribution in [3.63, 3.8) is 0 Å². The van der Waals surface area contributed by atoms with Crippen LogP contribution in [0.2, 0.25) is 5.02 Å². The molecule has 0 saturated heterocycles. The predicted molar refractivity (Wildman–Crippen MR) is 99.5 cm³/mol. The Labute approximate surface area is 153 Å². The van der Waals surface area contributed by atoms with E-state index in [1.165, 1.54) is 17.0 Å². The highest BCUT2D eigenvalue weighted by Crippen LogP contribution is 2.14. The third-order valence-corrected chi connectivity index (χ3v) is 3.99. The molecular formula is C18H15ClN4O3. The molecule has 7 nitrogen and oxygen atoms in total. The number of nitrogens with zero attached hydrogens (tertiary/aromatic N) is 2. The maximum Gasteiger partial charge on any atom is 0.261 e. The van der Waals surface area contributed by atoms with Gasteiger partial charge < -0.3 is 10.6 Å². The van der Waals surface area contributed by atoms with Gasteiger partial charge in [0.25, 0.3) is 11.5 Å². The van der Waals surface area contributed by atoms with Crippen LogP contribution in [0.4, 0.5) is 5.69 Å². The SMILES string of the molecule is CNC(=O)c1ccc(NC(=O)Cn2cnc3ccc(Cl)cc3c2=O)cc1. The molecule has 0 aliphatic rings. The molecule has 3 aromatic rings. The van der Waals surface area contributed by atoms with Gasteiger partial charge in [-0.2, -0.15) is 0 Å². The van der Waals surface area contributed by atoms with Crippen LogP contribution in [0.3, 0.4) is 0 Å². The summed E-state index contributed by atoms with van der Waals surface area (Å²) < 4.78 is 1.22. The van der Waals surface area contributed by atoms with E-state index >= 15 is 0 Å². The summed E-state index contributed by atoms with van der Waals surface area (Å²) in [5.74, 6) is -0.599. The molecule has 0 spiro atoms. The number of benzene rings is 2. The highest BCUT2D eigenvalue weighted by atomic mass is 35.5. The van der Waals surface area contributed by atoms with E-state index in [0.29, 0.717) is 27.2 Å². The number of amides is 2. The number of aromatic nitrogens is 2. The second-order valence-electron chi connectivity index (χ2n) is 5.54. The summed E-state index contributed by atoms with van der Waals surface area (Å²) in [5, 5.41) is 5.97. The van der Waals surface area contributed by atoms with E-state index in [2.05, 4.69) is 15.6 Å². The molecule has 2 amide bonds. The van der Waals surface area contributed by atoms with Crippen LogP contribution in [0.1, 0.15) is 10.4 Å². The maximum atomic E-state index is 12.5. The minimum Gasteiger partial charge on any atom is -0.355 e. The fourth-order valence-corrected chi connectivity index (χ4v) is 2.62. The topological polar surface area (TPSA) is 93.1 Å². The summed E-state index contributed by atoms with van der Waals surface area (Å²) in [6, 6.07) is 11.2. The van der Waals surface area contributed by atoms with Crippen molar-refractivity contribution in [2.45, 2.75) is 6.54 Å². The van der Waals surface area contributed by atoms with Crippen LogP contribution in [0.5, 0.6) is 0 Å². The highest BCUT2D eigenvalue weighted by molar-refractivity contribution is 6.31. The Kier molecular flexibility index (Phi) is 4.99. The van der Waals surface area contributed by atoms with Gasteiger partial charge in [-0.1, -0.05) is 11.6 Å². The highest BCUT2D eigenvalue weighted by Gasteiger charge is 2.10. The lowest BCUT2D eigenvalue weighted by Crippen LogP contribution is -2.28. The van der Waals surface area contributed by atoms with Gasteiger partial charge in [0.15, 0.2) is 0 Å². The summed E-state index contributed by atoms with van der Waals surface area (Å²) >= 11 is 5.92. The fourth-order valence-electron chi connectivity index (χ4n) is 2.45. The predicted octanol–water partition coefficient (Wildman–Crippen LogP) is 2.05. The molecule has 0 unspecified atom stereocenters. The third-order valence-electron chi connectivity index (χ3n) is 3.76. The normalized spacial score (nSPS) is 10.5. The summed E-state index contributed by atoms with van der Waals surface area (Å²) in [4.78, 5) is 40.3. The lowest BCUT2D eigenvalue weighted by atomic mass is 10.2. The number of anilines is 1. The molecule has 0 aliphatic heterocycles. The molecular weight excluding hydrogens is 356 g/mol. The fraction of sp³-hybridized carbons (Fsp3) is 0.111. The number of halogens is 1. The van der Waals surface area contributed by atoms with Gasteiger partial charge in [0.05, 0.1) is 17.2 Å². The smallest absolute Gasteiger partial charge is 0.261 e. The minimum atomic E-state index is -0.386. The molecule has 3 rings (SSSR count). The van der Waals surface area contributed by atoms with Crippen molar-refractivity contribution < 1.29 is 9.59 Å². The van der Waals surface area contributed by atoms with Crippen LogP contribution in [0, 0.1) is 0 Å². The standard InChI is InChI=1S/C18H15ClN4O3/c1-20-17(25)11-2-5-13(6-3-11)22-16(24)9-23-10-21-15-7-4-12(19)8-14(15)18(23)26/h2-8,10H,9H2,1H3,(H,20,25)(H,22,24). The number of carbonyl (C=O) groups excluding carboxylic acids is 2. The van der Waals surface area contributed by atoms with Gasteiger partial charge in [0.2, 0.25) is 5.91 Å². The van der Waals surface area contributed by atoms with Crippen LogP contribution < -0.4 is 16.2 Å². The molecule has 132 valence electrons. The Bertz CT molecular complexity index is 1040. The van der Waals surface area contributed by atoms with E-state index < -0.39 is 0 Å². The van der Waals surface area contributed by atoms with Crippen molar-refractivity contribution >= 4 is 40.0 Å². The zero-order valence-corrected chi connectivity index (χ0v) is 14.6. The van der Waals surface area contributed by atoms with Crippen LogP contribution in [-0.2, 0) is 11.3 Å².